The first-order valence-electron chi connectivity index (χ1n) is 7.54. The van der Waals surface area contributed by atoms with Gasteiger partial charge in [-0.3, -0.25) is 4.79 Å². The standard InChI is InChI=1S/C16H19N5OS/c1-9-4-5-12-16(10(9)2)19-14(18-12)6-7-15(22)17-8-13-11(3)20-21-23-13/h4-5H,6-8H2,1-3H3,(H,17,22)(H,18,19). The lowest BCUT2D eigenvalue weighted by Crippen LogP contribution is -2.23. The quantitative estimate of drug-likeness (QED) is 0.753. The van der Waals surface area contributed by atoms with Gasteiger partial charge in [0, 0.05) is 12.8 Å². The second-order valence-electron chi connectivity index (χ2n) is 5.65. The van der Waals surface area contributed by atoms with Gasteiger partial charge in [-0.25, -0.2) is 4.98 Å². The largest absolute Gasteiger partial charge is 0.351 e. The lowest BCUT2D eigenvalue weighted by molar-refractivity contribution is -0.121. The van der Waals surface area contributed by atoms with Gasteiger partial charge in [-0.15, -0.1) is 5.10 Å². The predicted octanol–water partition coefficient (Wildman–Crippen LogP) is 2.59. The van der Waals surface area contributed by atoms with Gasteiger partial charge in [0.15, 0.2) is 0 Å². The van der Waals surface area contributed by atoms with Gasteiger partial charge in [-0.1, -0.05) is 10.6 Å². The SMILES string of the molecule is Cc1ccc2[nH]c(CCC(=O)NCc3snnc3C)nc2c1C. The summed E-state index contributed by atoms with van der Waals surface area (Å²) in [7, 11) is 0. The Balaban J connectivity index is 1.59. The normalized spacial score (nSPS) is 11.1. The van der Waals surface area contributed by atoms with Crippen molar-refractivity contribution in [2.75, 3.05) is 0 Å². The summed E-state index contributed by atoms with van der Waals surface area (Å²) in [4.78, 5) is 20.9. The average molecular weight is 329 g/mol. The minimum atomic E-state index is 0.00570. The van der Waals surface area contributed by atoms with E-state index >= 15 is 0 Å². The Labute approximate surface area is 138 Å². The van der Waals surface area contributed by atoms with Gasteiger partial charge >= 0.3 is 0 Å². The molecule has 0 aliphatic rings. The van der Waals surface area contributed by atoms with E-state index in [1.54, 1.807) is 0 Å². The first kappa shape index (κ1) is 15.6. The number of nitrogens with zero attached hydrogens (tertiary/aromatic N) is 3. The molecule has 0 fully saturated rings. The zero-order valence-electron chi connectivity index (χ0n) is 13.4. The van der Waals surface area contributed by atoms with Gasteiger partial charge in [-0.2, -0.15) is 0 Å². The molecule has 1 aromatic carbocycles. The number of aromatic amines is 1. The van der Waals surface area contributed by atoms with Crippen LogP contribution < -0.4 is 5.32 Å². The van der Waals surface area contributed by atoms with Gasteiger partial charge in [0.05, 0.1) is 28.1 Å². The second-order valence-corrected chi connectivity index (χ2v) is 6.48. The van der Waals surface area contributed by atoms with E-state index in [1.165, 1.54) is 22.7 Å². The summed E-state index contributed by atoms with van der Waals surface area (Å²) in [5.41, 5.74) is 5.30. The first-order valence-corrected chi connectivity index (χ1v) is 8.31. The molecule has 23 heavy (non-hydrogen) atoms. The number of H-pyrrole nitrogens is 1. The summed E-state index contributed by atoms with van der Waals surface area (Å²) in [6.07, 6.45) is 1.00. The number of nitrogens with one attached hydrogen (secondary N) is 2. The summed E-state index contributed by atoms with van der Waals surface area (Å²) < 4.78 is 3.86. The Morgan fingerprint density at radius 3 is 2.87 bits per heavy atom. The molecule has 0 saturated carbocycles. The number of amides is 1. The molecule has 2 aromatic heterocycles. The minimum Gasteiger partial charge on any atom is -0.351 e. The van der Waals surface area contributed by atoms with Gasteiger partial charge < -0.3 is 10.3 Å². The van der Waals surface area contributed by atoms with Crippen LogP contribution in [-0.4, -0.2) is 25.5 Å². The predicted molar refractivity (Wildman–Crippen MR) is 90.4 cm³/mol. The van der Waals surface area contributed by atoms with E-state index in [9.17, 15) is 4.79 Å². The van der Waals surface area contributed by atoms with Gasteiger partial charge in [-0.05, 0) is 49.5 Å². The maximum atomic E-state index is 12.0. The highest BCUT2D eigenvalue weighted by Gasteiger charge is 2.10. The zero-order chi connectivity index (χ0) is 16.4. The van der Waals surface area contributed by atoms with Crippen LogP contribution in [0.15, 0.2) is 12.1 Å². The number of aromatic nitrogens is 4. The third-order valence-corrected chi connectivity index (χ3v) is 4.83. The number of benzene rings is 1. The van der Waals surface area contributed by atoms with E-state index in [0.717, 1.165) is 27.4 Å². The fourth-order valence-corrected chi connectivity index (χ4v) is 2.97. The van der Waals surface area contributed by atoms with Crippen molar-refractivity contribution in [2.24, 2.45) is 0 Å². The number of hydrogen-bond donors (Lipinski definition) is 2. The van der Waals surface area contributed by atoms with Crippen LogP contribution in [0.5, 0.6) is 0 Å². The molecular weight excluding hydrogens is 310 g/mol. The Kier molecular flexibility index (Phi) is 4.38. The van der Waals surface area contributed by atoms with Crippen LogP contribution in [0.2, 0.25) is 0 Å². The Hall–Kier alpha value is -2.28. The van der Waals surface area contributed by atoms with Crippen LogP contribution >= 0.6 is 11.5 Å². The second kappa shape index (κ2) is 6.45. The molecule has 6 nitrogen and oxygen atoms in total. The molecule has 0 aliphatic heterocycles. The van der Waals surface area contributed by atoms with Crippen molar-refractivity contribution in [2.45, 2.75) is 40.2 Å². The van der Waals surface area contributed by atoms with Gasteiger partial charge in [0.2, 0.25) is 5.91 Å². The highest BCUT2D eigenvalue weighted by atomic mass is 32.1. The number of carbonyl (C=O) groups excluding carboxylic acids is 1. The van der Waals surface area contributed by atoms with Crippen molar-refractivity contribution in [3.63, 3.8) is 0 Å². The van der Waals surface area contributed by atoms with E-state index in [1.807, 2.05) is 13.0 Å². The zero-order valence-corrected chi connectivity index (χ0v) is 14.3. The third-order valence-electron chi connectivity index (χ3n) is 4.01. The number of aryl methyl sites for hydroxylation is 4. The van der Waals surface area contributed by atoms with Crippen LogP contribution in [0, 0.1) is 20.8 Å². The summed E-state index contributed by atoms with van der Waals surface area (Å²) in [6.45, 7) is 6.53. The van der Waals surface area contributed by atoms with Crippen LogP contribution in [0.4, 0.5) is 0 Å². The molecule has 3 aromatic rings. The van der Waals surface area contributed by atoms with Gasteiger partial charge in [0.1, 0.15) is 5.82 Å². The third kappa shape index (κ3) is 3.39. The van der Waals surface area contributed by atoms with E-state index in [4.69, 9.17) is 0 Å². The Morgan fingerprint density at radius 1 is 1.30 bits per heavy atom. The van der Waals surface area contributed by atoms with Crippen molar-refractivity contribution < 1.29 is 4.79 Å². The number of hydrogen-bond acceptors (Lipinski definition) is 5. The van der Waals surface area contributed by atoms with E-state index in [-0.39, 0.29) is 5.91 Å². The van der Waals surface area contributed by atoms with Crippen LogP contribution in [-0.2, 0) is 17.8 Å². The summed E-state index contributed by atoms with van der Waals surface area (Å²) in [5.74, 6) is 0.852. The van der Waals surface area contributed by atoms with Crippen molar-refractivity contribution >= 4 is 28.5 Å². The number of fused-ring (bicyclic) bond motifs is 1. The molecule has 2 heterocycles. The Morgan fingerprint density at radius 2 is 2.13 bits per heavy atom. The molecule has 0 saturated heterocycles. The van der Waals surface area contributed by atoms with E-state index < -0.39 is 0 Å². The number of imidazole rings is 1. The average Bonchev–Trinajstić information content (AvgIpc) is 3.13. The molecule has 1 amide bonds. The molecule has 120 valence electrons. The van der Waals surface area contributed by atoms with Gasteiger partial charge in [0.25, 0.3) is 0 Å². The highest BCUT2D eigenvalue weighted by molar-refractivity contribution is 7.05. The van der Waals surface area contributed by atoms with E-state index in [0.29, 0.717) is 19.4 Å². The molecule has 0 spiro atoms. The number of carbonyl (C=O) groups is 1. The molecule has 2 N–H and O–H groups in total. The summed E-state index contributed by atoms with van der Waals surface area (Å²) >= 11 is 1.32. The summed E-state index contributed by atoms with van der Waals surface area (Å²) in [5, 5.41) is 6.83. The smallest absolute Gasteiger partial charge is 0.220 e. The Bertz CT molecular complexity index is 851. The molecular formula is C16H19N5OS. The molecule has 0 radical (unpaired) electrons. The fourth-order valence-electron chi connectivity index (χ4n) is 2.39. The van der Waals surface area contributed by atoms with Crippen molar-refractivity contribution in [3.8, 4) is 0 Å². The van der Waals surface area contributed by atoms with Crippen LogP contribution in [0.25, 0.3) is 11.0 Å². The molecule has 3 rings (SSSR count). The lowest BCUT2D eigenvalue weighted by atomic mass is 10.1. The molecule has 0 unspecified atom stereocenters. The minimum absolute atomic E-state index is 0.00570. The first-order chi connectivity index (χ1) is 11.0. The van der Waals surface area contributed by atoms with Crippen LogP contribution in [0.3, 0.4) is 0 Å². The van der Waals surface area contributed by atoms with E-state index in [2.05, 4.69) is 44.8 Å². The maximum absolute atomic E-state index is 12.0. The summed E-state index contributed by atoms with van der Waals surface area (Å²) in [6, 6.07) is 4.12. The highest BCUT2D eigenvalue weighted by Crippen LogP contribution is 2.19. The van der Waals surface area contributed by atoms with Crippen molar-refractivity contribution in [3.05, 3.63) is 39.7 Å². The van der Waals surface area contributed by atoms with Crippen molar-refractivity contribution in [1.82, 2.24) is 24.9 Å². The molecule has 0 atom stereocenters. The monoisotopic (exact) mass is 329 g/mol. The number of rotatable bonds is 5. The van der Waals surface area contributed by atoms with Crippen molar-refractivity contribution in [1.29, 1.82) is 0 Å². The topological polar surface area (TPSA) is 83.6 Å². The maximum Gasteiger partial charge on any atom is 0.220 e. The molecule has 0 bridgehead atoms. The fraction of sp³-hybridized carbons (Fsp3) is 0.375. The lowest BCUT2D eigenvalue weighted by Gasteiger charge is -2.02. The molecule has 0 aliphatic carbocycles. The molecule has 7 heteroatoms. The van der Waals surface area contributed by atoms with Crippen LogP contribution in [0.1, 0.15) is 33.9 Å².